The summed E-state index contributed by atoms with van der Waals surface area (Å²) in [6, 6.07) is 0. The molecule has 0 rings (SSSR count). The van der Waals surface area contributed by atoms with Crippen LogP contribution in [0.2, 0.25) is 5.72 Å². The van der Waals surface area contributed by atoms with Crippen molar-refractivity contribution >= 4 is 56.9 Å². The predicted octanol–water partition coefficient (Wildman–Crippen LogP) is 4.02. The second-order valence-corrected chi connectivity index (χ2v) is 4.80. The van der Waals surface area contributed by atoms with Crippen molar-refractivity contribution < 1.29 is 0 Å². The van der Waals surface area contributed by atoms with Crippen molar-refractivity contribution in [3.63, 3.8) is 0 Å². The summed E-state index contributed by atoms with van der Waals surface area (Å²) in [5.41, 5.74) is -0.912. The van der Waals surface area contributed by atoms with Crippen LogP contribution in [-0.4, -0.2) is 11.1 Å². The summed E-state index contributed by atoms with van der Waals surface area (Å²) in [5.74, 6) is 0. The van der Waals surface area contributed by atoms with Crippen LogP contribution in [-0.2, 0) is 0 Å². The van der Waals surface area contributed by atoms with E-state index in [1.54, 1.807) is 0 Å². The largest absolute Gasteiger partial charge is 0.350 e. The molecule has 11 heavy (non-hydrogen) atoms. The first-order chi connectivity index (χ1) is 5.09. The molecule has 6 heteroatoms. The fraction of sp³-hybridized carbons (Fsp3) is 1.00. The lowest BCUT2D eigenvalue weighted by Gasteiger charge is -2.13. The molecule has 0 N–H and O–H groups in total. The lowest BCUT2D eigenvalue weighted by atomic mass is 9.64. The molecule has 0 aromatic rings. The zero-order chi connectivity index (χ0) is 8.85. The van der Waals surface area contributed by atoms with E-state index < -0.39 is 11.1 Å². The molecule has 0 saturated carbocycles. The average molecular weight is 234 g/mol. The minimum Gasteiger partial charge on any atom is -0.172 e. The molecule has 0 aliphatic rings. The Bertz CT molecular complexity index is 90.5. The van der Waals surface area contributed by atoms with Crippen LogP contribution in [0.3, 0.4) is 0 Å². The van der Waals surface area contributed by atoms with Gasteiger partial charge in [0.15, 0.2) is 0 Å². The van der Waals surface area contributed by atoms with Gasteiger partial charge in [0.1, 0.15) is 0 Å². The first kappa shape index (κ1) is 12.3. The second kappa shape index (κ2) is 6.77. The zero-order valence-electron chi connectivity index (χ0n) is 6.37. The van der Waals surface area contributed by atoms with E-state index in [1.165, 1.54) is 0 Å². The van der Waals surface area contributed by atoms with Gasteiger partial charge in [0.05, 0.1) is 0 Å². The van der Waals surface area contributed by atoms with Crippen molar-refractivity contribution in [2.45, 2.75) is 31.9 Å². The van der Waals surface area contributed by atoms with Gasteiger partial charge in [0, 0.05) is 0 Å². The van der Waals surface area contributed by atoms with Gasteiger partial charge in [0.2, 0.25) is 0 Å². The summed E-state index contributed by atoms with van der Waals surface area (Å²) < 4.78 is 0. The van der Waals surface area contributed by atoms with Crippen molar-refractivity contribution in [1.29, 1.82) is 0 Å². The Morgan fingerprint density at radius 2 is 1.55 bits per heavy atom. The van der Waals surface area contributed by atoms with E-state index in [-0.39, 0.29) is 5.72 Å². The Kier molecular flexibility index (Phi) is 7.56. The monoisotopic (exact) mass is 232 g/mol. The first-order valence-corrected chi connectivity index (χ1v) is 5.40. The van der Waals surface area contributed by atoms with Gasteiger partial charge < -0.3 is 0 Å². The minimum atomic E-state index is -0.457. The van der Waals surface area contributed by atoms with E-state index in [2.05, 4.69) is 6.92 Å². The molecule has 0 aliphatic carbocycles. The van der Waals surface area contributed by atoms with E-state index in [9.17, 15) is 0 Å². The molecule has 0 atom stereocenters. The third kappa shape index (κ3) is 5.52. The SMILES string of the molecule is CCCCC(B(Cl)Cl)B(Cl)Cl. The summed E-state index contributed by atoms with van der Waals surface area (Å²) in [5, 5.41) is 0. The molecule has 0 unspecified atom stereocenters. The van der Waals surface area contributed by atoms with E-state index in [0.29, 0.717) is 0 Å². The minimum absolute atomic E-state index is 0.00150. The maximum Gasteiger partial charge on any atom is 0.350 e. The average Bonchev–Trinajstić information content (AvgIpc) is 1.87. The highest BCUT2D eigenvalue weighted by atomic mass is 35.5. The fourth-order valence-electron chi connectivity index (χ4n) is 0.802. The molecule has 0 aromatic carbocycles. The lowest BCUT2D eigenvalue weighted by molar-refractivity contribution is 0.748. The summed E-state index contributed by atoms with van der Waals surface area (Å²) >= 11 is 22.7. The van der Waals surface area contributed by atoms with Crippen LogP contribution >= 0.6 is 45.8 Å². The Balaban J connectivity index is 3.70. The van der Waals surface area contributed by atoms with Crippen molar-refractivity contribution in [2.75, 3.05) is 0 Å². The van der Waals surface area contributed by atoms with Crippen molar-refractivity contribution in [2.24, 2.45) is 0 Å². The molecule has 0 radical (unpaired) electrons. The number of rotatable bonds is 5. The molecule has 0 spiro atoms. The lowest BCUT2D eigenvalue weighted by Crippen LogP contribution is -2.17. The molecule has 0 bridgehead atoms. The number of hydrogen-bond donors (Lipinski definition) is 0. The van der Waals surface area contributed by atoms with Gasteiger partial charge in [-0.2, -0.15) is 45.8 Å². The van der Waals surface area contributed by atoms with Crippen molar-refractivity contribution in [1.82, 2.24) is 0 Å². The third-order valence-electron chi connectivity index (χ3n) is 1.54. The highest BCUT2D eigenvalue weighted by Gasteiger charge is 2.30. The quantitative estimate of drug-likeness (QED) is 0.629. The van der Waals surface area contributed by atoms with Crippen LogP contribution in [0.4, 0.5) is 0 Å². The van der Waals surface area contributed by atoms with Gasteiger partial charge in [-0.15, -0.1) is 0 Å². The van der Waals surface area contributed by atoms with Crippen molar-refractivity contribution in [3.8, 4) is 0 Å². The van der Waals surface area contributed by atoms with Crippen LogP contribution in [0.5, 0.6) is 0 Å². The molecule has 0 heterocycles. The van der Waals surface area contributed by atoms with Gasteiger partial charge in [-0.1, -0.05) is 26.2 Å². The molecule has 0 aromatic heterocycles. The molecule has 64 valence electrons. The maximum atomic E-state index is 5.67. The highest BCUT2D eigenvalue weighted by Crippen LogP contribution is 2.30. The predicted molar refractivity (Wildman–Crippen MR) is 58.2 cm³/mol. The fourth-order valence-corrected chi connectivity index (χ4v) is 2.19. The Hall–Kier alpha value is 1.29. The van der Waals surface area contributed by atoms with E-state index in [0.717, 1.165) is 19.3 Å². The van der Waals surface area contributed by atoms with Crippen LogP contribution in [0, 0.1) is 0 Å². The highest BCUT2D eigenvalue weighted by molar-refractivity contribution is 7.45. The van der Waals surface area contributed by atoms with Crippen LogP contribution in [0.15, 0.2) is 0 Å². The van der Waals surface area contributed by atoms with Gasteiger partial charge in [-0.05, 0) is 5.72 Å². The maximum absolute atomic E-state index is 5.67. The van der Waals surface area contributed by atoms with E-state index >= 15 is 0 Å². The Labute approximate surface area is 88.7 Å². The number of halogens is 4. The number of unbranched alkanes of at least 4 members (excludes halogenated alkanes) is 1. The molecular formula is C5H10B2Cl4. The molecule has 0 amide bonds. The normalized spacial score (nSPS) is 10.4. The first-order valence-electron chi connectivity index (χ1n) is 3.65. The van der Waals surface area contributed by atoms with Crippen molar-refractivity contribution in [3.05, 3.63) is 0 Å². The van der Waals surface area contributed by atoms with Crippen LogP contribution in [0.25, 0.3) is 0 Å². The molecular weight excluding hydrogens is 223 g/mol. The standard InChI is InChI=1S/C5H10B2Cl4/c1-2-3-4-5(6(8)9)7(10)11/h5H,2-4H2,1H3. The smallest absolute Gasteiger partial charge is 0.172 e. The zero-order valence-corrected chi connectivity index (χ0v) is 9.39. The molecule has 0 saturated heterocycles. The van der Waals surface area contributed by atoms with E-state index in [1.807, 2.05) is 0 Å². The summed E-state index contributed by atoms with van der Waals surface area (Å²) in [4.78, 5) is 0. The topological polar surface area (TPSA) is 0 Å². The van der Waals surface area contributed by atoms with Gasteiger partial charge in [-0.25, -0.2) is 0 Å². The number of hydrogen-bond acceptors (Lipinski definition) is 0. The third-order valence-corrected chi connectivity index (χ3v) is 2.83. The van der Waals surface area contributed by atoms with E-state index in [4.69, 9.17) is 45.8 Å². The molecule has 0 fully saturated rings. The Morgan fingerprint density at radius 3 is 1.82 bits per heavy atom. The molecule has 0 aliphatic heterocycles. The summed E-state index contributed by atoms with van der Waals surface area (Å²) in [6.07, 6.45) is 3.07. The van der Waals surface area contributed by atoms with Gasteiger partial charge in [-0.3, -0.25) is 0 Å². The van der Waals surface area contributed by atoms with Gasteiger partial charge >= 0.3 is 11.1 Å². The summed E-state index contributed by atoms with van der Waals surface area (Å²) in [7, 11) is 0. The molecule has 0 nitrogen and oxygen atoms in total. The van der Waals surface area contributed by atoms with Gasteiger partial charge in [0.25, 0.3) is 0 Å². The van der Waals surface area contributed by atoms with Crippen LogP contribution < -0.4 is 0 Å². The van der Waals surface area contributed by atoms with Crippen LogP contribution in [0.1, 0.15) is 26.2 Å². The summed E-state index contributed by atoms with van der Waals surface area (Å²) in [6.45, 7) is 2.10. The second-order valence-electron chi connectivity index (χ2n) is 2.47. The Morgan fingerprint density at radius 1 is 1.09 bits per heavy atom.